The van der Waals surface area contributed by atoms with Crippen LogP contribution in [0, 0.1) is 11.8 Å². The van der Waals surface area contributed by atoms with Crippen molar-refractivity contribution in [2.45, 2.75) is 62.3 Å². The largest absolute Gasteiger partial charge is 0.358 e. The highest BCUT2D eigenvalue weighted by atomic mass is 32.2. The smallest absolute Gasteiger partial charge is 0.190 e. The van der Waals surface area contributed by atoms with Gasteiger partial charge in [0.1, 0.15) is 4.21 Å². The van der Waals surface area contributed by atoms with Gasteiger partial charge in [-0.05, 0) is 60.2 Å². The quantitative estimate of drug-likeness (QED) is 0.522. The maximum Gasteiger partial charge on any atom is 0.190 e. The number of allylic oxidation sites excluding steroid dienone is 3. The number of sulfone groups is 1. The van der Waals surface area contributed by atoms with E-state index in [4.69, 9.17) is 0 Å². The highest BCUT2D eigenvalue weighted by molar-refractivity contribution is 7.94. The molecule has 0 spiro atoms. The van der Waals surface area contributed by atoms with E-state index in [-0.39, 0.29) is 5.25 Å². The lowest BCUT2D eigenvalue weighted by molar-refractivity contribution is 0.484. The van der Waals surface area contributed by atoms with E-state index in [1.54, 1.807) is 6.07 Å². The number of benzene rings is 1. The molecule has 0 saturated heterocycles. The lowest BCUT2D eigenvalue weighted by Crippen LogP contribution is -2.23. The summed E-state index contributed by atoms with van der Waals surface area (Å²) in [5.41, 5.74) is 4.67. The van der Waals surface area contributed by atoms with Gasteiger partial charge >= 0.3 is 0 Å². The fourth-order valence-corrected chi connectivity index (χ4v) is 7.75. The van der Waals surface area contributed by atoms with E-state index in [1.807, 2.05) is 12.1 Å². The second-order valence-corrected chi connectivity index (χ2v) is 12.4. The summed E-state index contributed by atoms with van der Waals surface area (Å²) in [4.78, 5) is 1.00. The van der Waals surface area contributed by atoms with Gasteiger partial charge in [0.25, 0.3) is 0 Å². The van der Waals surface area contributed by atoms with Crippen LogP contribution in [0.25, 0.3) is 10.4 Å². The molecule has 1 atom stereocenters. The van der Waals surface area contributed by atoms with Crippen molar-refractivity contribution >= 4 is 26.9 Å². The van der Waals surface area contributed by atoms with Gasteiger partial charge in [0.05, 0.1) is 5.25 Å². The van der Waals surface area contributed by atoms with Gasteiger partial charge in [-0.25, -0.2) is 8.42 Å². The maximum absolute atomic E-state index is 13.0. The zero-order valence-electron chi connectivity index (χ0n) is 18.0. The van der Waals surface area contributed by atoms with Crippen molar-refractivity contribution < 1.29 is 8.42 Å². The van der Waals surface area contributed by atoms with E-state index in [2.05, 4.69) is 56.4 Å². The lowest BCUT2D eigenvalue weighted by Gasteiger charge is -2.20. The van der Waals surface area contributed by atoms with Crippen LogP contribution in [0.5, 0.6) is 0 Å². The van der Waals surface area contributed by atoms with Crippen molar-refractivity contribution in [3.8, 4) is 10.4 Å². The van der Waals surface area contributed by atoms with Crippen molar-refractivity contribution in [3.05, 3.63) is 59.8 Å². The minimum Gasteiger partial charge on any atom is -0.358 e. The summed E-state index contributed by atoms with van der Waals surface area (Å²) in [6, 6.07) is 12.0. The van der Waals surface area contributed by atoms with Crippen molar-refractivity contribution in [2.75, 3.05) is 5.32 Å². The highest BCUT2D eigenvalue weighted by Crippen LogP contribution is 2.37. The number of hydrogen-bond donors (Lipinski definition) is 1. The summed E-state index contributed by atoms with van der Waals surface area (Å²) in [6.45, 7) is 6.64. The molecule has 30 heavy (non-hydrogen) atoms. The first-order valence-corrected chi connectivity index (χ1v) is 13.4. The standard InChI is InChI=1S/C25H31NO2S2/c1-17(2)20-14-18(3)23(16-20)26-21-9-7-8-19(15-21)24-12-13-25(29-24)30(27,28)22-10-5-4-6-11-22/h7-9,12-18,22,26H,4-6,10-11H2,1-3H3. The molecular weight excluding hydrogens is 410 g/mol. The Morgan fingerprint density at radius 2 is 1.83 bits per heavy atom. The Morgan fingerprint density at radius 3 is 2.53 bits per heavy atom. The van der Waals surface area contributed by atoms with Gasteiger partial charge in [0, 0.05) is 22.2 Å². The Kier molecular flexibility index (Phi) is 6.21. The van der Waals surface area contributed by atoms with Crippen molar-refractivity contribution in [1.82, 2.24) is 0 Å². The van der Waals surface area contributed by atoms with Gasteiger partial charge in [-0.15, -0.1) is 11.3 Å². The molecule has 1 aromatic heterocycles. The first-order valence-electron chi connectivity index (χ1n) is 11.0. The molecule has 0 amide bonds. The van der Waals surface area contributed by atoms with Crippen LogP contribution >= 0.6 is 11.3 Å². The Labute approximate surface area is 184 Å². The third-order valence-corrected chi connectivity index (χ3v) is 10.1. The van der Waals surface area contributed by atoms with Crippen LogP contribution in [0.15, 0.2) is 64.0 Å². The summed E-state index contributed by atoms with van der Waals surface area (Å²) in [6.07, 6.45) is 9.38. The average molecular weight is 442 g/mol. The number of anilines is 1. The van der Waals surface area contributed by atoms with Crippen LogP contribution in [0.4, 0.5) is 5.69 Å². The number of hydrogen-bond acceptors (Lipinski definition) is 4. The van der Waals surface area contributed by atoms with Gasteiger partial charge < -0.3 is 5.32 Å². The van der Waals surface area contributed by atoms with E-state index in [9.17, 15) is 8.42 Å². The van der Waals surface area contributed by atoms with Gasteiger partial charge in [-0.3, -0.25) is 0 Å². The third kappa shape index (κ3) is 4.42. The van der Waals surface area contributed by atoms with Crippen LogP contribution in [0.1, 0.15) is 52.9 Å². The zero-order chi connectivity index (χ0) is 21.3. The summed E-state index contributed by atoms with van der Waals surface area (Å²) >= 11 is 1.40. The van der Waals surface area contributed by atoms with Crippen LogP contribution < -0.4 is 5.32 Å². The third-order valence-electron chi connectivity index (χ3n) is 6.21. The Bertz CT molecular complexity index is 1070. The molecule has 1 aromatic carbocycles. The molecule has 2 aromatic rings. The summed E-state index contributed by atoms with van der Waals surface area (Å²) in [7, 11) is -3.21. The van der Waals surface area contributed by atoms with E-state index in [1.165, 1.54) is 22.6 Å². The molecule has 2 aliphatic carbocycles. The molecule has 1 unspecified atom stereocenters. The molecule has 2 aliphatic rings. The molecule has 1 N–H and O–H groups in total. The molecule has 0 bridgehead atoms. The Balaban J connectivity index is 1.53. The molecule has 1 heterocycles. The number of thiophene rings is 1. The Morgan fingerprint density at radius 1 is 1.07 bits per heavy atom. The number of nitrogens with one attached hydrogen (secondary N) is 1. The molecule has 5 heteroatoms. The van der Waals surface area contributed by atoms with Crippen LogP contribution in [0.2, 0.25) is 0 Å². The van der Waals surface area contributed by atoms with Gasteiger partial charge in [-0.1, -0.05) is 58.2 Å². The minimum absolute atomic E-state index is 0.204. The van der Waals surface area contributed by atoms with Crippen LogP contribution in [0.3, 0.4) is 0 Å². The summed E-state index contributed by atoms with van der Waals surface area (Å²) in [5.74, 6) is 0.897. The predicted molar refractivity (Wildman–Crippen MR) is 128 cm³/mol. The Hall–Kier alpha value is -1.85. The maximum atomic E-state index is 13.0. The first-order chi connectivity index (χ1) is 14.3. The molecule has 160 valence electrons. The fraction of sp³-hybridized carbons (Fsp3) is 0.440. The second kappa shape index (κ2) is 8.72. The van der Waals surface area contributed by atoms with Crippen molar-refractivity contribution in [3.63, 3.8) is 0 Å². The van der Waals surface area contributed by atoms with Gasteiger partial charge in [0.15, 0.2) is 9.84 Å². The van der Waals surface area contributed by atoms with Crippen molar-refractivity contribution in [1.29, 1.82) is 0 Å². The second-order valence-electron chi connectivity index (χ2n) is 8.84. The molecule has 4 rings (SSSR count). The van der Waals surface area contributed by atoms with Crippen molar-refractivity contribution in [2.24, 2.45) is 11.8 Å². The van der Waals surface area contributed by atoms with Crippen LogP contribution in [-0.2, 0) is 9.84 Å². The average Bonchev–Trinajstić information content (AvgIpc) is 3.37. The fourth-order valence-electron chi connectivity index (χ4n) is 4.33. The topological polar surface area (TPSA) is 46.2 Å². The molecule has 3 nitrogen and oxygen atoms in total. The van der Waals surface area contributed by atoms with E-state index < -0.39 is 9.84 Å². The monoisotopic (exact) mass is 441 g/mol. The SMILES string of the molecule is CC(C)C1=CC(C)C(Nc2cccc(-c3ccc(S(=O)(=O)C4CCCCC4)s3)c2)=C1. The minimum atomic E-state index is -3.21. The van der Waals surface area contributed by atoms with E-state index in [0.717, 1.165) is 48.2 Å². The van der Waals surface area contributed by atoms with Gasteiger partial charge in [-0.2, -0.15) is 0 Å². The van der Waals surface area contributed by atoms with Crippen LogP contribution in [-0.4, -0.2) is 13.7 Å². The molecule has 1 fully saturated rings. The first kappa shape index (κ1) is 21.4. The summed E-state index contributed by atoms with van der Waals surface area (Å²) < 4.78 is 26.6. The summed E-state index contributed by atoms with van der Waals surface area (Å²) in [5, 5.41) is 3.37. The molecule has 1 saturated carbocycles. The molecule has 0 aliphatic heterocycles. The van der Waals surface area contributed by atoms with E-state index in [0.29, 0.717) is 16.0 Å². The molecular formula is C25H31NO2S2. The normalized spacial score (nSPS) is 20.3. The van der Waals surface area contributed by atoms with Gasteiger partial charge in [0.2, 0.25) is 0 Å². The van der Waals surface area contributed by atoms with E-state index >= 15 is 0 Å². The molecule has 0 radical (unpaired) electrons. The predicted octanol–water partition coefficient (Wildman–Crippen LogP) is 7.05. The zero-order valence-corrected chi connectivity index (χ0v) is 19.7. The lowest BCUT2D eigenvalue weighted by atomic mass is 10.0. The number of rotatable bonds is 6. The highest BCUT2D eigenvalue weighted by Gasteiger charge is 2.30.